The Kier molecular flexibility index (Phi) is 9.17. The number of hydrogen-bond donors (Lipinski definition) is 1. The maximum atomic E-state index is 13.0. The molecule has 0 heterocycles. The van der Waals surface area contributed by atoms with Crippen LogP contribution in [-0.4, -0.2) is 23.9 Å². The second-order valence-electron chi connectivity index (χ2n) is 5.31. The summed E-state index contributed by atoms with van der Waals surface area (Å²) in [5.74, 6) is 0.449. The Morgan fingerprint density at radius 1 is 0.926 bits per heavy atom. The first-order chi connectivity index (χ1) is 12.6. The van der Waals surface area contributed by atoms with Gasteiger partial charge in [-0.3, -0.25) is 0 Å². The fourth-order valence-electron chi connectivity index (χ4n) is 2.06. The van der Waals surface area contributed by atoms with Crippen molar-refractivity contribution in [3.8, 4) is 11.5 Å². The van der Waals surface area contributed by atoms with Gasteiger partial charge in [0.25, 0.3) is 0 Å². The highest BCUT2D eigenvalue weighted by Crippen LogP contribution is 2.41. The van der Waals surface area contributed by atoms with Crippen molar-refractivity contribution < 1.29 is 18.3 Å². The maximum Gasteiger partial charge on any atom is 0.206 e. The van der Waals surface area contributed by atoms with E-state index < -0.39 is 9.84 Å². The summed E-state index contributed by atoms with van der Waals surface area (Å²) in [4.78, 5) is 0.131. The van der Waals surface area contributed by atoms with Gasteiger partial charge in [0.15, 0.2) is 5.01 Å². The van der Waals surface area contributed by atoms with Crippen LogP contribution < -0.4 is 4.74 Å². The molecule has 0 aliphatic heterocycles. The molecule has 0 saturated heterocycles. The van der Waals surface area contributed by atoms with Crippen LogP contribution in [0, 0.1) is 0 Å². The molecule has 0 bridgehead atoms. The number of benzene rings is 2. The minimum absolute atomic E-state index is 0.0437. The van der Waals surface area contributed by atoms with Gasteiger partial charge in [-0.15, -0.1) is 0 Å². The predicted octanol–water partition coefficient (Wildman–Crippen LogP) is 7.55. The number of sulfone groups is 1. The first-order valence-electron chi connectivity index (χ1n) is 7.36. The minimum atomic E-state index is -3.81. The summed E-state index contributed by atoms with van der Waals surface area (Å²) in [6.45, 7) is 0. The highest BCUT2D eigenvalue weighted by Gasteiger charge is 2.24. The molecule has 2 aromatic carbocycles. The molecule has 1 atom stereocenters. The fourth-order valence-corrected chi connectivity index (χ4v) is 7.43. The Labute approximate surface area is 208 Å². The molecule has 0 aromatic heterocycles. The molecule has 0 fully saturated rings. The van der Waals surface area contributed by atoms with Crippen molar-refractivity contribution in [2.75, 3.05) is 5.33 Å². The molecule has 1 N–H and O–H groups in total. The first kappa shape index (κ1) is 24.1. The van der Waals surface area contributed by atoms with Crippen molar-refractivity contribution in [3.63, 3.8) is 0 Å². The molecule has 4 nitrogen and oxygen atoms in total. The van der Waals surface area contributed by atoms with Gasteiger partial charge in [0.2, 0.25) is 9.84 Å². The Morgan fingerprint density at radius 3 is 1.81 bits per heavy atom. The van der Waals surface area contributed by atoms with Crippen LogP contribution >= 0.6 is 95.6 Å². The van der Waals surface area contributed by atoms with Crippen LogP contribution in [0.5, 0.6) is 11.5 Å². The fraction of sp³-hybridized carbons (Fsp3) is 0.250. The highest BCUT2D eigenvalue weighted by atomic mass is 79.9. The van der Waals surface area contributed by atoms with E-state index in [4.69, 9.17) is 4.74 Å². The van der Waals surface area contributed by atoms with Gasteiger partial charge < -0.3 is 9.84 Å². The highest BCUT2D eigenvalue weighted by molar-refractivity contribution is 9.11. The van der Waals surface area contributed by atoms with Crippen LogP contribution in [0.2, 0.25) is 0 Å². The second-order valence-corrected chi connectivity index (χ2v) is 12.5. The summed E-state index contributed by atoms with van der Waals surface area (Å²) in [7, 11) is -3.81. The van der Waals surface area contributed by atoms with Gasteiger partial charge >= 0.3 is 0 Å². The van der Waals surface area contributed by atoms with E-state index in [2.05, 4.69) is 95.6 Å². The van der Waals surface area contributed by atoms with Crippen molar-refractivity contribution in [3.05, 3.63) is 42.2 Å². The van der Waals surface area contributed by atoms with E-state index in [1.807, 2.05) is 0 Å². The number of hydrogen-bond acceptors (Lipinski definition) is 4. The van der Waals surface area contributed by atoms with E-state index in [1.165, 1.54) is 24.3 Å². The maximum absolute atomic E-state index is 13.0. The van der Waals surface area contributed by atoms with E-state index >= 15 is 0 Å². The number of alkyl halides is 2. The third kappa shape index (κ3) is 5.95. The molecule has 27 heavy (non-hydrogen) atoms. The van der Waals surface area contributed by atoms with Gasteiger partial charge in [-0.2, -0.15) is 0 Å². The van der Waals surface area contributed by atoms with Gasteiger partial charge in [-0.25, -0.2) is 8.42 Å². The molecule has 0 radical (unpaired) electrons. The molecule has 0 spiro atoms. The lowest BCUT2D eigenvalue weighted by atomic mass is 10.3. The van der Waals surface area contributed by atoms with Crippen LogP contribution in [0.15, 0.2) is 51.9 Å². The first-order valence-corrected chi connectivity index (χ1v) is 14.1. The molecule has 0 aliphatic carbocycles. The van der Waals surface area contributed by atoms with Crippen molar-refractivity contribution in [1.29, 1.82) is 0 Å². The quantitative estimate of drug-likeness (QED) is 0.295. The summed E-state index contributed by atoms with van der Waals surface area (Å²) >= 11 is 19.9. The van der Waals surface area contributed by atoms with Crippen LogP contribution in [0.4, 0.5) is 0 Å². The van der Waals surface area contributed by atoms with Crippen LogP contribution in [0.1, 0.15) is 12.8 Å². The van der Waals surface area contributed by atoms with Crippen LogP contribution in [0.3, 0.4) is 0 Å². The largest absolute Gasteiger partial charge is 0.506 e. The van der Waals surface area contributed by atoms with Crippen molar-refractivity contribution >= 4 is 105 Å². The molecule has 11 heteroatoms. The van der Waals surface area contributed by atoms with Gasteiger partial charge in [0.05, 0.1) is 27.7 Å². The van der Waals surface area contributed by atoms with Crippen molar-refractivity contribution in [1.82, 2.24) is 0 Å². The predicted molar refractivity (Wildman–Crippen MR) is 127 cm³/mol. The zero-order chi connectivity index (χ0) is 20.4. The van der Waals surface area contributed by atoms with E-state index in [0.29, 0.717) is 14.7 Å². The van der Waals surface area contributed by atoms with E-state index in [0.717, 1.165) is 18.2 Å². The number of aromatic hydroxyl groups is 1. The van der Waals surface area contributed by atoms with Crippen LogP contribution in [-0.2, 0) is 9.84 Å². The van der Waals surface area contributed by atoms with E-state index in [1.54, 1.807) is 0 Å². The Balaban J connectivity index is 2.42. The van der Waals surface area contributed by atoms with E-state index in [-0.39, 0.29) is 29.5 Å². The second kappa shape index (κ2) is 10.3. The monoisotopic (exact) mass is 774 g/mol. The Morgan fingerprint density at radius 2 is 1.37 bits per heavy atom. The normalized spacial score (nSPS) is 12.8. The average Bonchev–Trinajstić information content (AvgIpc) is 2.60. The van der Waals surface area contributed by atoms with Gasteiger partial charge in [-0.1, -0.05) is 15.9 Å². The third-order valence-electron chi connectivity index (χ3n) is 3.39. The van der Waals surface area contributed by atoms with Crippen molar-refractivity contribution in [2.45, 2.75) is 27.6 Å². The topological polar surface area (TPSA) is 63.6 Å². The lowest BCUT2D eigenvalue weighted by Crippen LogP contribution is -2.10. The molecule has 1 unspecified atom stereocenters. The number of ether oxygens (including phenoxy) is 1. The molecular weight excluding hydrogens is 768 g/mol. The smallest absolute Gasteiger partial charge is 0.206 e. The molecule has 2 aromatic rings. The number of halogens is 6. The zero-order valence-electron chi connectivity index (χ0n) is 13.4. The van der Waals surface area contributed by atoms with Gasteiger partial charge in [-0.05, 0) is 117 Å². The van der Waals surface area contributed by atoms with E-state index in [9.17, 15) is 13.5 Å². The SMILES string of the molecule is O=S(=O)(c1cc(Br)c(O)c(Br)c1)c1cc(Br)c(OC(Br)CCCBr)c(Br)c1. The zero-order valence-corrected chi connectivity index (χ0v) is 23.7. The summed E-state index contributed by atoms with van der Waals surface area (Å²) < 4.78 is 33.5. The number of phenols is 1. The summed E-state index contributed by atoms with van der Waals surface area (Å²) in [5.41, 5.74) is 0. The Hall–Kier alpha value is 0.870. The third-order valence-corrected chi connectivity index (χ3v) is 8.70. The summed E-state index contributed by atoms with van der Waals surface area (Å²) in [5, 5.41) is 10.5. The van der Waals surface area contributed by atoms with Crippen molar-refractivity contribution in [2.24, 2.45) is 0 Å². The van der Waals surface area contributed by atoms with Crippen LogP contribution in [0.25, 0.3) is 0 Å². The lowest BCUT2D eigenvalue weighted by Gasteiger charge is -2.17. The number of phenolic OH excluding ortho intramolecular Hbond substituents is 1. The lowest BCUT2D eigenvalue weighted by molar-refractivity contribution is 0.279. The Bertz CT molecular complexity index is 902. The van der Waals surface area contributed by atoms with Gasteiger partial charge in [0.1, 0.15) is 11.5 Å². The average molecular weight is 780 g/mol. The summed E-state index contributed by atoms with van der Waals surface area (Å²) in [6, 6.07) is 5.70. The summed E-state index contributed by atoms with van der Waals surface area (Å²) in [6.07, 6.45) is 1.72. The number of rotatable bonds is 7. The molecule has 0 saturated carbocycles. The molecular formula is C16H12Br6O4S. The molecule has 148 valence electrons. The molecule has 0 amide bonds. The minimum Gasteiger partial charge on any atom is -0.506 e. The van der Waals surface area contributed by atoms with Gasteiger partial charge in [0, 0.05) is 5.33 Å². The molecule has 2 rings (SSSR count). The standard InChI is InChI=1S/C16H12Br6O4S/c17-3-1-2-14(22)26-16-12(20)6-9(7-13(16)21)27(24,25)8-4-10(18)15(23)11(19)5-8/h4-7,14,23H,1-3H2. The molecule has 0 aliphatic rings.